The van der Waals surface area contributed by atoms with Gasteiger partial charge in [-0.15, -0.1) is 0 Å². The molecule has 72 valence electrons. The molecule has 4 heteroatoms. The lowest BCUT2D eigenvalue weighted by Gasteiger charge is -2.49. The third-order valence-corrected chi connectivity index (χ3v) is 3.63. The number of fused-ring (bicyclic) bond motifs is 2. The molecule has 4 heterocycles. The highest BCUT2D eigenvalue weighted by Gasteiger charge is 2.51. The van der Waals surface area contributed by atoms with Crippen molar-refractivity contribution in [3.8, 4) is 0 Å². The highest BCUT2D eigenvalue weighted by Crippen LogP contribution is 2.40. The van der Waals surface area contributed by atoms with E-state index < -0.39 is 0 Å². The van der Waals surface area contributed by atoms with Crippen LogP contribution in [0, 0.1) is 5.92 Å². The number of hydrogen-bond donors (Lipinski definition) is 1. The quantitative estimate of drug-likeness (QED) is 0.563. The fourth-order valence-corrected chi connectivity index (χ4v) is 2.90. The highest BCUT2D eigenvalue weighted by atomic mass is 16.5. The van der Waals surface area contributed by atoms with Crippen LogP contribution in [0.2, 0.25) is 0 Å². The van der Waals surface area contributed by atoms with Crippen molar-refractivity contribution in [2.24, 2.45) is 16.6 Å². The molecular weight excluding hydrogens is 166 g/mol. The third-order valence-electron chi connectivity index (χ3n) is 3.63. The van der Waals surface area contributed by atoms with Crippen molar-refractivity contribution in [3.05, 3.63) is 0 Å². The summed E-state index contributed by atoms with van der Waals surface area (Å²) in [4.78, 5) is 6.64. The summed E-state index contributed by atoms with van der Waals surface area (Å²) in [5.41, 5.74) is 5.54. The average molecular weight is 181 g/mol. The van der Waals surface area contributed by atoms with E-state index >= 15 is 0 Å². The molecule has 0 amide bonds. The Kier molecular flexibility index (Phi) is 1.39. The summed E-state index contributed by atoms with van der Waals surface area (Å²) in [6.07, 6.45) is 2.51. The van der Waals surface area contributed by atoms with E-state index in [0.29, 0.717) is 11.9 Å². The van der Waals surface area contributed by atoms with E-state index in [-0.39, 0.29) is 5.60 Å². The van der Waals surface area contributed by atoms with E-state index in [0.717, 1.165) is 13.1 Å². The topological polar surface area (TPSA) is 50.8 Å². The summed E-state index contributed by atoms with van der Waals surface area (Å²) in [6, 6.07) is 0.397. The van der Waals surface area contributed by atoms with Gasteiger partial charge in [0, 0.05) is 12.5 Å². The molecule has 13 heavy (non-hydrogen) atoms. The van der Waals surface area contributed by atoms with Crippen LogP contribution in [0.3, 0.4) is 0 Å². The van der Waals surface area contributed by atoms with Crippen LogP contribution in [-0.2, 0) is 4.74 Å². The van der Waals surface area contributed by atoms with E-state index in [1.54, 1.807) is 0 Å². The van der Waals surface area contributed by atoms with Gasteiger partial charge in [-0.3, -0.25) is 4.90 Å². The zero-order chi connectivity index (χ0) is 8.89. The normalized spacial score (nSPS) is 47.8. The van der Waals surface area contributed by atoms with Gasteiger partial charge in [-0.2, -0.15) is 0 Å². The van der Waals surface area contributed by atoms with Gasteiger partial charge in [0.25, 0.3) is 6.02 Å². The second-order valence-corrected chi connectivity index (χ2v) is 4.37. The Labute approximate surface area is 77.7 Å². The minimum absolute atomic E-state index is 0.0411. The Balaban J connectivity index is 1.85. The lowest BCUT2D eigenvalue weighted by Crippen LogP contribution is -2.61. The first kappa shape index (κ1) is 7.62. The number of piperidine rings is 3. The molecule has 3 saturated heterocycles. The maximum atomic E-state index is 5.71. The Morgan fingerprint density at radius 1 is 1.46 bits per heavy atom. The molecule has 2 bridgehead atoms. The fourth-order valence-electron chi connectivity index (χ4n) is 2.90. The van der Waals surface area contributed by atoms with Gasteiger partial charge in [0.15, 0.2) is 0 Å². The summed E-state index contributed by atoms with van der Waals surface area (Å²) < 4.78 is 5.71. The number of nitrogens with two attached hydrogens (primary N) is 1. The lowest BCUT2D eigenvalue weighted by atomic mass is 9.75. The van der Waals surface area contributed by atoms with Crippen molar-refractivity contribution in [3.63, 3.8) is 0 Å². The first-order valence-corrected chi connectivity index (χ1v) is 5.00. The summed E-state index contributed by atoms with van der Waals surface area (Å²) in [5, 5.41) is 0. The number of rotatable bonds is 0. The van der Waals surface area contributed by atoms with Crippen LogP contribution in [0.5, 0.6) is 0 Å². The highest BCUT2D eigenvalue weighted by molar-refractivity contribution is 5.73. The molecule has 4 rings (SSSR count). The van der Waals surface area contributed by atoms with Crippen molar-refractivity contribution in [1.82, 2.24) is 4.90 Å². The van der Waals surface area contributed by atoms with Gasteiger partial charge in [0.1, 0.15) is 5.60 Å². The smallest absolute Gasteiger partial charge is 0.282 e. The number of aliphatic imine (C=N–C) groups is 1. The molecule has 0 aliphatic carbocycles. The summed E-state index contributed by atoms with van der Waals surface area (Å²) in [7, 11) is 0. The molecule has 1 atom stereocenters. The van der Waals surface area contributed by atoms with Crippen molar-refractivity contribution in [2.75, 3.05) is 26.2 Å². The number of amidine groups is 1. The molecule has 0 saturated carbocycles. The lowest BCUT2D eigenvalue weighted by molar-refractivity contribution is -0.0835. The van der Waals surface area contributed by atoms with E-state index in [1.165, 1.54) is 25.9 Å². The SMILES string of the molecule is NC1=NCC2(CN3CCC2CC3)O1. The predicted molar refractivity (Wildman–Crippen MR) is 49.5 cm³/mol. The number of ether oxygens (including phenoxy) is 1. The molecule has 2 N–H and O–H groups in total. The molecule has 1 spiro atoms. The first-order valence-electron chi connectivity index (χ1n) is 5.00. The van der Waals surface area contributed by atoms with Crippen LogP contribution in [-0.4, -0.2) is 42.7 Å². The minimum atomic E-state index is -0.0411. The van der Waals surface area contributed by atoms with Gasteiger partial charge in [-0.05, 0) is 25.9 Å². The largest absolute Gasteiger partial charge is 0.455 e. The van der Waals surface area contributed by atoms with Crippen LogP contribution < -0.4 is 5.73 Å². The van der Waals surface area contributed by atoms with Crippen LogP contribution in [0.25, 0.3) is 0 Å². The Bertz CT molecular complexity index is 258. The number of nitrogens with zero attached hydrogens (tertiary/aromatic N) is 2. The predicted octanol–water partition coefficient (Wildman–Crippen LogP) is -0.204. The molecule has 0 radical (unpaired) electrons. The second kappa shape index (κ2) is 2.38. The van der Waals surface area contributed by atoms with Gasteiger partial charge >= 0.3 is 0 Å². The molecule has 4 nitrogen and oxygen atoms in total. The maximum absolute atomic E-state index is 5.71. The molecule has 1 unspecified atom stereocenters. The van der Waals surface area contributed by atoms with E-state index in [4.69, 9.17) is 10.5 Å². The fraction of sp³-hybridized carbons (Fsp3) is 0.889. The van der Waals surface area contributed by atoms with Gasteiger partial charge in [-0.1, -0.05) is 0 Å². The van der Waals surface area contributed by atoms with Gasteiger partial charge < -0.3 is 10.5 Å². The molecule has 3 fully saturated rings. The maximum Gasteiger partial charge on any atom is 0.282 e. The first-order chi connectivity index (χ1) is 6.28. The van der Waals surface area contributed by atoms with Gasteiger partial charge in [-0.25, -0.2) is 4.99 Å². The van der Waals surface area contributed by atoms with Gasteiger partial charge in [0.05, 0.1) is 6.54 Å². The second-order valence-electron chi connectivity index (χ2n) is 4.37. The monoisotopic (exact) mass is 181 g/mol. The standard InChI is InChI=1S/C9H15N3O/c10-8-11-5-9(13-8)6-12-3-1-7(9)2-4-12/h7H,1-6H2,(H2,10,11). The van der Waals surface area contributed by atoms with E-state index in [9.17, 15) is 0 Å². The van der Waals surface area contributed by atoms with Crippen LogP contribution in [0.1, 0.15) is 12.8 Å². The summed E-state index contributed by atoms with van der Waals surface area (Å²) in [6.45, 7) is 4.27. The molecule has 0 aromatic carbocycles. The van der Waals surface area contributed by atoms with Crippen LogP contribution in [0.15, 0.2) is 4.99 Å². The molecule has 4 aliphatic heterocycles. The minimum Gasteiger partial charge on any atom is -0.455 e. The zero-order valence-corrected chi connectivity index (χ0v) is 7.70. The van der Waals surface area contributed by atoms with Crippen LogP contribution in [0.4, 0.5) is 0 Å². The summed E-state index contributed by atoms with van der Waals surface area (Å²) in [5.74, 6) is 0.683. The van der Waals surface area contributed by atoms with Crippen molar-refractivity contribution in [2.45, 2.75) is 18.4 Å². The van der Waals surface area contributed by atoms with Crippen LogP contribution >= 0.6 is 0 Å². The van der Waals surface area contributed by atoms with Crippen molar-refractivity contribution in [1.29, 1.82) is 0 Å². The third kappa shape index (κ3) is 0.981. The molecule has 0 aromatic heterocycles. The van der Waals surface area contributed by atoms with E-state index in [2.05, 4.69) is 9.89 Å². The van der Waals surface area contributed by atoms with E-state index in [1.807, 2.05) is 0 Å². The average Bonchev–Trinajstić information content (AvgIpc) is 2.49. The number of hydrogen-bond acceptors (Lipinski definition) is 4. The molecule has 4 aliphatic rings. The van der Waals surface area contributed by atoms with Crippen molar-refractivity contribution < 1.29 is 4.74 Å². The zero-order valence-electron chi connectivity index (χ0n) is 7.70. The van der Waals surface area contributed by atoms with Gasteiger partial charge in [0.2, 0.25) is 0 Å². The summed E-state index contributed by atoms with van der Waals surface area (Å²) >= 11 is 0. The molecular formula is C9H15N3O. The Morgan fingerprint density at radius 2 is 2.23 bits per heavy atom. The Hall–Kier alpha value is -0.770. The Morgan fingerprint density at radius 3 is 2.69 bits per heavy atom. The van der Waals surface area contributed by atoms with Crippen molar-refractivity contribution >= 4 is 6.02 Å². The molecule has 0 aromatic rings.